The molecular weight excluding hydrogens is 338 g/mol. The van der Waals surface area contributed by atoms with Crippen LogP contribution >= 0.6 is 0 Å². The number of fused-ring (bicyclic) bond motifs is 2. The Hall–Kier alpha value is -2.46. The molecule has 2 aliphatic heterocycles. The first-order valence-corrected chi connectivity index (χ1v) is 9.48. The van der Waals surface area contributed by atoms with Crippen LogP contribution in [0.15, 0.2) is 42.5 Å². The van der Waals surface area contributed by atoms with E-state index in [1.54, 1.807) is 21.3 Å². The van der Waals surface area contributed by atoms with Crippen LogP contribution in [0.5, 0.6) is 17.2 Å². The van der Waals surface area contributed by atoms with E-state index in [4.69, 9.17) is 14.2 Å². The van der Waals surface area contributed by atoms with Gasteiger partial charge in [-0.05, 0) is 72.8 Å². The lowest BCUT2D eigenvalue weighted by Crippen LogP contribution is -2.37. The van der Waals surface area contributed by atoms with E-state index in [1.807, 2.05) is 6.07 Å². The summed E-state index contributed by atoms with van der Waals surface area (Å²) in [7, 11) is 7.33. The first-order chi connectivity index (χ1) is 13.2. The van der Waals surface area contributed by atoms with Crippen LogP contribution in [0.25, 0.3) is 11.1 Å². The first-order valence-electron chi connectivity index (χ1n) is 9.48. The fourth-order valence-corrected chi connectivity index (χ4v) is 4.59. The van der Waals surface area contributed by atoms with Gasteiger partial charge in [0.15, 0.2) is 11.5 Å². The van der Waals surface area contributed by atoms with Gasteiger partial charge in [-0.2, -0.15) is 0 Å². The highest BCUT2D eigenvalue weighted by Gasteiger charge is 2.39. The van der Waals surface area contributed by atoms with Gasteiger partial charge in [-0.3, -0.25) is 4.90 Å². The molecule has 2 atom stereocenters. The number of ether oxygens (including phenoxy) is 3. The molecule has 4 heteroatoms. The second-order valence-corrected chi connectivity index (χ2v) is 7.31. The second kappa shape index (κ2) is 7.28. The molecule has 2 heterocycles. The molecule has 2 aromatic rings. The summed E-state index contributed by atoms with van der Waals surface area (Å²) < 4.78 is 16.3. The molecular formula is C23H27NO3. The molecule has 0 aromatic heterocycles. The van der Waals surface area contributed by atoms with E-state index < -0.39 is 0 Å². The van der Waals surface area contributed by atoms with Crippen LogP contribution in [0.2, 0.25) is 0 Å². The first kappa shape index (κ1) is 17.9. The predicted octanol–water partition coefficient (Wildman–Crippen LogP) is 4.49. The summed E-state index contributed by atoms with van der Waals surface area (Å²) in [4.78, 5) is 2.54. The molecule has 0 amide bonds. The Morgan fingerprint density at radius 3 is 2.19 bits per heavy atom. The van der Waals surface area contributed by atoms with Crippen molar-refractivity contribution >= 4 is 11.1 Å². The van der Waals surface area contributed by atoms with E-state index in [9.17, 15) is 0 Å². The zero-order valence-corrected chi connectivity index (χ0v) is 16.5. The fraction of sp³-hybridized carbons (Fsp3) is 0.391. The van der Waals surface area contributed by atoms with Gasteiger partial charge in [0.1, 0.15) is 5.75 Å². The second-order valence-electron chi connectivity index (χ2n) is 7.31. The van der Waals surface area contributed by atoms with Crippen LogP contribution in [0.3, 0.4) is 0 Å². The molecule has 27 heavy (non-hydrogen) atoms. The summed E-state index contributed by atoms with van der Waals surface area (Å²) in [5.74, 6) is 2.43. The molecule has 4 rings (SSSR count). The van der Waals surface area contributed by atoms with Gasteiger partial charge in [-0.15, -0.1) is 0 Å². The molecule has 0 unspecified atom stereocenters. The van der Waals surface area contributed by atoms with Crippen molar-refractivity contribution in [3.63, 3.8) is 0 Å². The number of hydrogen-bond acceptors (Lipinski definition) is 4. The van der Waals surface area contributed by atoms with Crippen LogP contribution in [-0.4, -0.2) is 45.4 Å². The minimum absolute atomic E-state index is 0.443. The third-order valence-electron chi connectivity index (χ3n) is 6.07. The largest absolute Gasteiger partial charge is 0.497 e. The van der Waals surface area contributed by atoms with Crippen LogP contribution in [0.1, 0.15) is 30.4 Å². The maximum atomic E-state index is 5.57. The topological polar surface area (TPSA) is 30.9 Å². The van der Waals surface area contributed by atoms with E-state index in [2.05, 4.69) is 48.3 Å². The number of benzene rings is 2. The Labute approximate surface area is 161 Å². The number of methoxy groups -OCH3 is 3. The van der Waals surface area contributed by atoms with Gasteiger partial charge in [-0.25, -0.2) is 0 Å². The summed E-state index contributed by atoms with van der Waals surface area (Å²) in [6, 6.07) is 15.8. The Bertz CT molecular complexity index is 856. The van der Waals surface area contributed by atoms with Crippen LogP contribution < -0.4 is 14.2 Å². The highest BCUT2D eigenvalue weighted by atomic mass is 16.5. The Morgan fingerprint density at radius 2 is 1.52 bits per heavy atom. The van der Waals surface area contributed by atoms with E-state index >= 15 is 0 Å². The molecule has 1 fully saturated rings. The van der Waals surface area contributed by atoms with Gasteiger partial charge in [0.2, 0.25) is 0 Å². The molecule has 0 N–H and O–H groups in total. The third-order valence-corrected chi connectivity index (χ3v) is 6.07. The number of rotatable bonds is 5. The zero-order chi connectivity index (χ0) is 19.0. The molecule has 4 nitrogen and oxygen atoms in total. The van der Waals surface area contributed by atoms with Gasteiger partial charge in [0.25, 0.3) is 0 Å². The van der Waals surface area contributed by atoms with E-state index in [0.717, 1.165) is 23.7 Å². The Balaban J connectivity index is 1.86. The van der Waals surface area contributed by atoms with Crippen molar-refractivity contribution < 1.29 is 14.2 Å². The summed E-state index contributed by atoms with van der Waals surface area (Å²) in [5, 5.41) is 0. The monoisotopic (exact) mass is 365 g/mol. The van der Waals surface area contributed by atoms with Crippen molar-refractivity contribution in [3.05, 3.63) is 53.6 Å². The van der Waals surface area contributed by atoms with Crippen LogP contribution in [0.4, 0.5) is 0 Å². The lowest BCUT2D eigenvalue weighted by atomic mass is 9.85. The Kier molecular flexibility index (Phi) is 4.83. The third kappa shape index (κ3) is 3.08. The molecule has 142 valence electrons. The lowest BCUT2D eigenvalue weighted by molar-refractivity contribution is 0.271. The van der Waals surface area contributed by atoms with E-state index in [0.29, 0.717) is 12.1 Å². The maximum absolute atomic E-state index is 5.57. The summed E-state index contributed by atoms with van der Waals surface area (Å²) in [6.45, 7) is 0. The van der Waals surface area contributed by atoms with Gasteiger partial charge >= 0.3 is 0 Å². The summed E-state index contributed by atoms with van der Waals surface area (Å²) in [5.41, 5.74) is 5.36. The van der Waals surface area contributed by atoms with Crippen molar-refractivity contribution in [2.45, 2.75) is 31.3 Å². The average molecular weight is 365 g/mol. The predicted molar refractivity (Wildman–Crippen MR) is 109 cm³/mol. The normalized spacial score (nSPS) is 22.1. The molecule has 0 aliphatic carbocycles. The summed E-state index contributed by atoms with van der Waals surface area (Å²) in [6.07, 6.45) is 3.52. The molecule has 2 aromatic carbocycles. The van der Waals surface area contributed by atoms with Gasteiger partial charge in [0, 0.05) is 12.1 Å². The highest BCUT2D eigenvalue weighted by Crippen LogP contribution is 2.47. The minimum atomic E-state index is 0.443. The fourth-order valence-electron chi connectivity index (χ4n) is 4.59. The molecule has 0 spiro atoms. The van der Waals surface area contributed by atoms with Gasteiger partial charge < -0.3 is 14.2 Å². The number of nitrogens with zero attached hydrogens (tertiary/aromatic N) is 1. The van der Waals surface area contributed by atoms with Crippen LogP contribution in [-0.2, 0) is 0 Å². The van der Waals surface area contributed by atoms with Gasteiger partial charge in [-0.1, -0.05) is 18.2 Å². The Morgan fingerprint density at radius 1 is 0.815 bits per heavy atom. The smallest absolute Gasteiger partial charge is 0.161 e. The average Bonchev–Trinajstić information content (AvgIpc) is 2.95. The van der Waals surface area contributed by atoms with Crippen molar-refractivity contribution in [2.24, 2.45) is 0 Å². The lowest BCUT2D eigenvalue weighted by Gasteiger charge is -2.36. The maximum Gasteiger partial charge on any atom is 0.161 e. The van der Waals surface area contributed by atoms with E-state index in [-0.39, 0.29) is 0 Å². The van der Waals surface area contributed by atoms with E-state index in [1.165, 1.54) is 35.1 Å². The standard InChI is InChI=1S/C23H27NO3/c1-24-17-8-11-20(24)23(16-7-12-21(26-3)22(13-16)27-4)19(14-17)15-5-9-18(25-2)10-6-15/h5-7,9-10,12-13,17,20H,8,11,14H2,1-4H3/t17-,20+/m0/s1. The zero-order valence-electron chi connectivity index (χ0n) is 16.5. The van der Waals surface area contributed by atoms with Gasteiger partial charge in [0.05, 0.1) is 21.3 Å². The van der Waals surface area contributed by atoms with Crippen molar-refractivity contribution in [3.8, 4) is 17.2 Å². The van der Waals surface area contributed by atoms with Crippen molar-refractivity contribution in [2.75, 3.05) is 28.4 Å². The summed E-state index contributed by atoms with van der Waals surface area (Å²) >= 11 is 0. The highest BCUT2D eigenvalue weighted by molar-refractivity contribution is 5.95. The minimum Gasteiger partial charge on any atom is -0.497 e. The number of likely N-dealkylation sites (N-methyl/N-ethyl adjacent to an activating group) is 1. The number of hydrogen-bond donors (Lipinski definition) is 0. The molecule has 1 saturated heterocycles. The molecule has 0 radical (unpaired) electrons. The molecule has 2 aliphatic rings. The van der Waals surface area contributed by atoms with Crippen molar-refractivity contribution in [1.82, 2.24) is 4.90 Å². The molecule has 0 saturated carbocycles. The molecule has 2 bridgehead atoms. The SMILES string of the molecule is COc1ccc(C2=C(c3ccc(OC)c(OC)c3)[C@H]3CC[C@@H](C2)N3C)cc1. The quantitative estimate of drug-likeness (QED) is 0.781. The van der Waals surface area contributed by atoms with Crippen LogP contribution in [0, 0.1) is 0 Å². The van der Waals surface area contributed by atoms with Crippen molar-refractivity contribution in [1.29, 1.82) is 0 Å².